The fourth-order valence-corrected chi connectivity index (χ4v) is 2.24. The third kappa shape index (κ3) is 2.86. The van der Waals surface area contributed by atoms with E-state index in [1.165, 1.54) is 0 Å². The Morgan fingerprint density at radius 1 is 1.62 bits per heavy atom. The van der Waals surface area contributed by atoms with Crippen molar-refractivity contribution in [2.75, 3.05) is 13.1 Å². The van der Waals surface area contributed by atoms with Gasteiger partial charge in [-0.1, -0.05) is 6.92 Å². The fourth-order valence-electron chi connectivity index (χ4n) is 1.56. The van der Waals surface area contributed by atoms with Crippen molar-refractivity contribution in [3.05, 3.63) is 0 Å². The molecule has 0 saturated carbocycles. The van der Waals surface area contributed by atoms with Gasteiger partial charge in [0.1, 0.15) is 5.25 Å². The number of hydrogen-bond acceptors (Lipinski definition) is 3. The molecule has 4 nitrogen and oxygen atoms in total. The van der Waals surface area contributed by atoms with E-state index in [0.717, 1.165) is 12.8 Å². The van der Waals surface area contributed by atoms with Crippen LogP contribution in [-0.2, 0) is 16.2 Å². The number of nitrogens with two attached hydrogens (primary N) is 1. The normalized spacial score (nSPS) is 21.6. The highest BCUT2D eigenvalue weighted by atomic mass is 32.2. The van der Waals surface area contributed by atoms with Gasteiger partial charge in [-0.15, -0.1) is 0 Å². The number of hydrogen-bond donors (Lipinski definition) is 1. The summed E-state index contributed by atoms with van der Waals surface area (Å²) in [5.41, 5.74) is 0. The minimum atomic E-state index is -1.22. The molecule has 1 fully saturated rings. The van der Waals surface area contributed by atoms with Crippen molar-refractivity contribution >= 4 is 17.3 Å². The molecular formula is C8H16N2O2S. The van der Waals surface area contributed by atoms with Crippen LogP contribution in [0.3, 0.4) is 0 Å². The number of amides is 1. The molecule has 13 heavy (non-hydrogen) atoms. The van der Waals surface area contributed by atoms with E-state index >= 15 is 0 Å². The average molecular weight is 204 g/mol. The van der Waals surface area contributed by atoms with E-state index in [-0.39, 0.29) is 11.2 Å². The summed E-state index contributed by atoms with van der Waals surface area (Å²) in [5, 5.41) is 5.37. The Bertz CT molecular complexity index is 179. The van der Waals surface area contributed by atoms with Gasteiger partial charge in [0.05, 0.1) is 0 Å². The van der Waals surface area contributed by atoms with Crippen LogP contribution in [0.5, 0.6) is 0 Å². The van der Waals surface area contributed by atoms with Gasteiger partial charge in [0.25, 0.3) is 0 Å². The fraction of sp³-hybridized carbons (Fsp3) is 0.875. The Balaban J connectivity index is 2.34. The van der Waals surface area contributed by atoms with Gasteiger partial charge in [-0.3, -0.25) is 4.79 Å². The van der Waals surface area contributed by atoms with E-state index in [0.29, 0.717) is 19.5 Å². The molecule has 0 radical (unpaired) electrons. The van der Waals surface area contributed by atoms with Gasteiger partial charge in [0.2, 0.25) is 5.91 Å². The van der Waals surface area contributed by atoms with Crippen molar-refractivity contribution in [3.8, 4) is 0 Å². The van der Waals surface area contributed by atoms with E-state index < -0.39 is 11.4 Å². The number of likely N-dealkylation sites (tertiary alicyclic amines) is 1. The van der Waals surface area contributed by atoms with Gasteiger partial charge in [-0.25, -0.2) is 0 Å². The molecular weight excluding hydrogens is 188 g/mol. The molecule has 0 aromatic carbocycles. The largest absolute Gasteiger partial charge is 0.598 e. The van der Waals surface area contributed by atoms with Gasteiger partial charge in [0, 0.05) is 43.7 Å². The number of carbonyl (C=O) groups excluding carboxylic acids is 1. The van der Waals surface area contributed by atoms with Crippen LogP contribution in [0.1, 0.15) is 26.2 Å². The van der Waals surface area contributed by atoms with Crippen LogP contribution in [0.2, 0.25) is 0 Å². The number of rotatable bonds is 2. The lowest BCUT2D eigenvalue weighted by Crippen LogP contribution is -2.43. The van der Waals surface area contributed by atoms with Crippen LogP contribution >= 0.6 is 0 Å². The van der Waals surface area contributed by atoms with Crippen LogP contribution in [0, 0.1) is 0 Å². The molecule has 0 aromatic heterocycles. The van der Waals surface area contributed by atoms with Gasteiger partial charge >= 0.3 is 0 Å². The molecule has 0 aromatic rings. The first-order valence-electron chi connectivity index (χ1n) is 4.58. The average Bonchev–Trinajstić information content (AvgIpc) is 2.17. The smallest absolute Gasteiger partial charge is 0.222 e. The van der Waals surface area contributed by atoms with Crippen LogP contribution in [-0.4, -0.2) is 33.7 Å². The van der Waals surface area contributed by atoms with E-state index in [2.05, 4.69) is 0 Å². The SMILES string of the molecule is CCC(=O)N1CCC([S+](N)[O-])CC1. The molecule has 76 valence electrons. The zero-order valence-corrected chi connectivity index (χ0v) is 8.68. The molecule has 1 aliphatic heterocycles. The van der Waals surface area contributed by atoms with Crippen molar-refractivity contribution in [2.45, 2.75) is 31.4 Å². The Kier molecular flexibility index (Phi) is 4.02. The predicted octanol–water partition coefficient (Wildman–Crippen LogP) is 0.00980. The Hall–Kier alpha value is -0.260. The maximum absolute atomic E-state index is 11.3. The predicted molar refractivity (Wildman–Crippen MR) is 52.2 cm³/mol. The van der Waals surface area contributed by atoms with Crippen LogP contribution < -0.4 is 5.14 Å². The minimum Gasteiger partial charge on any atom is -0.598 e. The van der Waals surface area contributed by atoms with Crippen molar-refractivity contribution in [2.24, 2.45) is 5.14 Å². The lowest BCUT2D eigenvalue weighted by Gasteiger charge is -2.30. The van der Waals surface area contributed by atoms with Crippen LogP contribution in [0.15, 0.2) is 0 Å². The van der Waals surface area contributed by atoms with E-state index in [4.69, 9.17) is 5.14 Å². The second kappa shape index (κ2) is 4.83. The molecule has 0 bridgehead atoms. The first kappa shape index (κ1) is 10.8. The number of piperidine rings is 1. The molecule has 1 aliphatic rings. The second-order valence-corrected chi connectivity index (χ2v) is 4.59. The summed E-state index contributed by atoms with van der Waals surface area (Å²) >= 11 is -1.22. The lowest BCUT2D eigenvalue weighted by atomic mass is 10.1. The minimum absolute atomic E-state index is 0.0842. The van der Waals surface area contributed by atoms with E-state index in [1.54, 1.807) is 0 Å². The highest BCUT2D eigenvalue weighted by Crippen LogP contribution is 2.16. The number of carbonyl (C=O) groups is 1. The third-order valence-electron chi connectivity index (χ3n) is 2.43. The monoisotopic (exact) mass is 204 g/mol. The van der Waals surface area contributed by atoms with Gasteiger partial charge in [0.15, 0.2) is 0 Å². The topological polar surface area (TPSA) is 69.4 Å². The maximum Gasteiger partial charge on any atom is 0.222 e. The molecule has 1 amide bonds. The quantitative estimate of drug-likeness (QED) is 0.644. The molecule has 2 N–H and O–H groups in total. The Labute approximate surface area is 81.8 Å². The summed E-state index contributed by atoms with van der Waals surface area (Å²) in [6.07, 6.45) is 2.10. The molecule has 0 aliphatic carbocycles. The summed E-state index contributed by atoms with van der Waals surface area (Å²) < 4.78 is 10.9. The summed E-state index contributed by atoms with van der Waals surface area (Å²) in [7, 11) is 0. The van der Waals surface area contributed by atoms with Gasteiger partial charge in [-0.05, 0) is 0 Å². The first-order valence-corrected chi connectivity index (χ1v) is 5.85. The van der Waals surface area contributed by atoms with Crippen molar-refractivity contribution in [1.29, 1.82) is 0 Å². The van der Waals surface area contributed by atoms with Crippen molar-refractivity contribution in [1.82, 2.24) is 4.90 Å². The first-order chi connectivity index (χ1) is 6.15. The zero-order chi connectivity index (χ0) is 9.84. The summed E-state index contributed by atoms with van der Waals surface area (Å²) in [6.45, 7) is 3.27. The zero-order valence-electron chi connectivity index (χ0n) is 7.86. The van der Waals surface area contributed by atoms with Crippen molar-refractivity contribution < 1.29 is 9.35 Å². The molecule has 1 saturated heterocycles. The van der Waals surface area contributed by atoms with E-state index in [1.807, 2.05) is 11.8 Å². The Morgan fingerprint density at radius 3 is 2.54 bits per heavy atom. The second-order valence-electron chi connectivity index (χ2n) is 3.26. The van der Waals surface area contributed by atoms with Crippen LogP contribution in [0.4, 0.5) is 0 Å². The molecule has 1 atom stereocenters. The number of nitrogens with zero attached hydrogens (tertiary/aromatic N) is 1. The highest BCUT2D eigenvalue weighted by molar-refractivity contribution is 7.89. The Morgan fingerprint density at radius 2 is 2.15 bits per heavy atom. The summed E-state index contributed by atoms with van der Waals surface area (Å²) in [6, 6.07) is 0. The lowest BCUT2D eigenvalue weighted by molar-refractivity contribution is -0.131. The molecule has 5 heteroatoms. The van der Waals surface area contributed by atoms with Gasteiger partial charge < -0.3 is 9.45 Å². The third-order valence-corrected chi connectivity index (χ3v) is 3.55. The molecule has 1 rings (SSSR count). The summed E-state index contributed by atoms with van der Waals surface area (Å²) in [4.78, 5) is 13.1. The summed E-state index contributed by atoms with van der Waals surface area (Å²) in [5.74, 6) is 0.182. The van der Waals surface area contributed by atoms with Crippen molar-refractivity contribution in [3.63, 3.8) is 0 Å². The van der Waals surface area contributed by atoms with Gasteiger partial charge in [-0.2, -0.15) is 5.14 Å². The highest BCUT2D eigenvalue weighted by Gasteiger charge is 2.27. The van der Waals surface area contributed by atoms with Crippen LogP contribution in [0.25, 0.3) is 0 Å². The maximum atomic E-state index is 11.3. The van der Waals surface area contributed by atoms with E-state index in [9.17, 15) is 9.35 Å². The molecule has 1 unspecified atom stereocenters. The molecule has 1 heterocycles. The molecule has 0 spiro atoms. The standard InChI is InChI=1S/C8H16N2O2S/c1-2-8(11)10-5-3-7(4-6-10)13(9)12/h7H,2-6,9H2,1H3.